The molecule has 0 saturated heterocycles. The molecular formula is C14H19Cl2NO. The van der Waals surface area contributed by atoms with Crippen LogP contribution < -0.4 is 5.32 Å². The first kappa shape index (κ1) is 14.1. The predicted molar refractivity (Wildman–Crippen MR) is 76.3 cm³/mol. The van der Waals surface area contributed by atoms with Gasteiger partial charge in [0.05, 0.1) is 5.60 Å². The monoisotopic (exact) mass is 287 g/mol. The van der Waals surface area contributed by atoms with E-state index in [0.717, 1.165) is 31.2 Å². The Labute approximate surface area is 118 Å². The summed E-state index contributed by atoms with van der Waals surface area (Å²) in [5.41, 5.74) is 0.482. The van der Waals surface area contributed by atoms with Gasteiger partial charge in [0, 0.05) is 22.6 Å². The summed E-state index contributed by atoms with van der Waals surface area (Å²) in [4.78, 5) is 0. The van der Waals surface area contributed by atoms with Crippen molar-refractivity contribution in [2.45, 2.75) is 44.2 Å². The van der Waals surface area contributed by atoms with Crippen molar-refractivity contribution in [3.63, 3.8) is 0 Å². The van der Waals surface area contributed by atoms with Crippen LogP contribution in [0.5, 0.6) is 0 Å². The van der Waals surface area contributed by atoms with E-state index in [0.29, 0.717) is 16.6 Å². The smallest absolute Gasteiger partial charge is 0.0771 e. The highest BCUT2D eigenvalue weighted by Crippen LogP contribution is 2.30. The third kappa shape index (κ3) is 3.39. The van der Waals surface area contributed by atoms with E-state index in [1.807, 2.05) is 19.1 Å². The van der Waals surface area contributed by atoms with Crippen molar-refractivity contribution >= 4 is 23.2 Å². The number of halogens is 2. The van der Waals surface area contributed by atoms with Gasteiger partial charge in [-0.25, -0.2) is 0 Å². The van der Waals surface area contributed by atoms with Crippen LogP contribution in [0, 0.1) is 0 Å². The van der Waals surface area contributed by atoms with Crippen molar-refractivity contribution in [2.75, 3.05) is 6.54 Å². The number of benzene rings is 1. The summed E-state index contributed by atoms with van der Waals surface area (Å²) < 4.78 is 0. The Balaban J connectivity index is 1.97. The molecule has 0 amide bonds. The van der Waals surface area contributed by atoms with E-state index in [-0.39, 0.29) is 6.04 Å². The molecule has 2 nitrogen and oxygen atoms in total. The van der Waals surface area contributed by atoms with Gasteiger partial charge in [-0.05, 0) is 37.5 Å². The summed E-state index contributed by atoms with van der Waals surface area (Å²) in [7, 11) is 0. The molecule has 2 N–H and O–H groups in total. The Morgan fingerprint density at radius 1 is 1.33 bits per heavy atom. The second kappa shape index (κ2) is 5.79. The van der Waals surface area contributed by atoms with Gasteiger partial charge in [-0.3, -0.25) is 0 Å². The van der Waals surface area contributed by atoms with Crippen LogP contribution in [0.25, 0.3) is 0 Å². The molecule has 1 aliphatic carbocycles. The van der Waals surface area contributed by atoms with Crippen LogP contribution in [-0.2, 0) is 0 Å². The van der Waals surface area contributed by atoms with Gasteiger partial charge in [-0.15, -0.1) is 0 Å². The van der Waals surface area contributed by atoms with Crippen LogP contribution in [-0.4, -0.2) is 17.3 Å². The van der Waals surface area contributed by atoms with Gasteiger partial charge in [0.25, 0.3) is 0 Å². The second-order valence-corrected chi connectivity index (χ2v) is 6.04. The van der Waals surface area contributed by atoms with Gasteiger partial charge >= 0.3 is 0 Å². The lowest BCUT2D eigenvalue weighted by Gasteiger charge is -2.25. The zero-order valence-corrected chi connectivity index (χ0v) is 12.1. The SMILES string of the molecule is CC(NCC1(O)CCCC1)c1ccc(Cl)cc1Cl. The summed E-state index contributed by atoms with van der Waals surface area (Å²) in [6.07, 6.45) is 4.02. The lowest BCUT2D eigenvalue weighted by molar-refractivity contribution is 0.0453. The molecule has 18 heavy (non-hydrogen) atoms. The highest BCUT2D eigenvalue weighted by molar-refractivity contribution is 6.35. The Morgan fingerprint density at radius 3 is 2.61 bits per heavy atom. The van der Waals surface area contributed by atoms with Crippen molar-refractivity contribution in [1.82, 2.24) is 5.32 Å². The van der Waals surface area contributed by atoms with E-state index in [1.165, 1.54) is 0 Å². The maximum Gasteiger partial charge on any atom is 0.0771 e. The topological polar surface area (TPSA) is 32.3 Å². The summed E-state index contributed by atoms with van der Waals surface area (Å²) in [5, 5.41) is 15.0. The quantitative estimate of drug-likeness (QED) is 0.879. The first-order valence-electron chi connectivity index (χ1n) is 6.41. The van der Waals surface area contributed by atoms with Gasteiger partial charge in [0.15, 0.2) is 0 Å². The van der Waals surface area contributed by atoms with Crippen molar-refractivity contribution in [1.29, 1.82) is 0 Å². The summed E-state index contributed by atoms with van der Waals surface area (Å²) >= 11 is 12.0. The number of rotatable bonds is 4. The molecule has 0 aliphatic heterocycles. The molecule has 1 saturated carbocycles. The Hall–Kier alpha value is -0.280. The normalized spacial score (nSPS) is 20.0. The Kier molecular flexibility index (Phi) is 4.54. The molecular weight excluding hydrogens is 269 g/mol. The van der Waals surface area contributed by atoms with Crippen LogP contribution in [0.15, 0.2) is 18.2 Å². The average Bonchev–Trinajstić information content (AvgIpc) is 2.74. The first-order chi connectivity index (χ1) is 8.50. The molecule has 4 heteroatoms. The largest absolute Gasteiger partial charge is 0.389 e. The third-order valence-electron chi connectivity index (χ3n) is 3.70. The molecule has 1 aromatic carbocycles. The van der Waals surface area contributed by atoms with Crippen molar-refractivity contribution in [3.8, 4) is 0 Å². The molecule has 0 heterocycles. The van der Waals surface area contributed by atoms with E-state index in [1.54, 1.807) is 6.07 Å². The van der Waals surface area contributed by atoms with E-state index in [4.69, 9.17) is 23.2 Å². The van der Waals surface area contributed by atoms with E-state index < -0.39 is 5.60 Å². The van der Waals surface area contributed by atoms with Gasteiger partial charge < -0.3 is 10.4 Å². The second-order valence-electron chi connectivity index (χ2n) is 5.20. The molecule has 0 spiro atoms. The fourth-order valence-corrected chi connectivity index (χ4v) is 3.09. The lowest BCUT2D eigenvalue weighted by Crippen LogP contribution is -2.39. The average molecular weight is 288 g/mol. The van der Waals surface area contributed by atoms with Crippen molar-refractivity contribution < 1.29 is 5.11 Å². The number of hydrogen-bond donors (Lipinski definition) is 2. The standard InChI is InChI=1S/C14H19Cl2NO/c1-10(12-5-4-11(15)8-13(12)16)17-9-14(18)6-2-3-7-14/h4-5,8,10,17-18H,2-3,6-7,9H2,1H3. The van der Waals surface area contributed by atoms with Crippen molar-refractivity contribution in [3.05, 3.63) is 33.8 Å². The van der Waals surface area contributed by atoms with Crippen LogP contribution >= 0.6 is 23.2 Å². The number of aliphatic hydroxyl groups is 1. The molecule has 0 radical (unpaired) electrons. The minimum atomic E-state index is -0.535. The minimum absolute atomic E-state index is 0.111. The molecule has 1 fully saturated rings. The zero-order chi connectivity index (χ0) is 13.2. The maximum atomic E-state index is 10.3. The van der Waals surface area contributed by atoms with E-state index in [9.17, 15) is 5.11 Å². The Bertz CT molecular complexity index is 416. The predicted octanol–water partition coefficient (Wildman–Crippen LogP) is 3.95. The van der Waals surface area contributed by atoms with Crippen molar-refractivity contribution in [2.24, 2.45) is 0 Å². The molecule has 0 bridgehead atoms. The number of nitrogens with one attached hydrogen (secondary N) is 1. The minimum Gasteiger partial charge on any atom is -0.389 e. The molecule has 1 aromatic rings. The van der Waals surface area contributed by atoms with Gasteiger partial charge in [-0.2, -0.15) is 0 Å². The summed E-state index contributed by atoms with van der Waals surface area (Å²) in [6.45, 7) is 2.67. The molecule has 1 atom stereocenters. The third-order valence-corrected chi connectivity index (χ3v) is 4.26. The number of hydrogen-bond acceptors (Lipinski definition) is 2. The lowest BCUT2D eigenvalue weighted by atomic mass is 10.0. The van der Waals surface area contributed by atoms with Crippen LogP contribution in [0.1, 0.15) is 44.2 Å². The molecule has 0 aromatic heterocycles. The van der Waals surface area contributed by atoms with E-state index in [2.05, 4.69) is 5.32 Å². The molecule has 100 valence electrons. The van der Waals surface area contributed by atoms with E-state index >= 15 is 0 Å². The van der Waals surface area contributed by atoms with Crippen LogP contribution in [0.4, 0.5) is 0 Å². The van der Waals surface area contributed by atoms with Gasteiger partial charge in [-0.1, -0.05) is 42.1 Å². The molecule has 1 aliphatic rings. The summed E-state index contributed by atoms with van der Waals surface area (Å²) in [5.74, 6) is 0. The van der Waals surface area contributed by atoms with Gasteiger partial charge in [0.2, 0.25) is 0 Å². The highest BCUT2D eigenvalue weighted by atomic mass is 35.5. The fraction of sp³-hybridized carbons (Fsp3) is 0.571. The highest BCUT2D eigenvalue weighted by Gasteiger charge is 2.31. The fourth-order valence-electron chi connectivity index (χ4n) is 2.52. The zero-order valence-electron chi connectivity index (χ0n) is 10.5. The van der Waals surface area contributed by atoms with Crippen LogP contribution in [0.3, 0.4) is 0 Å². The maximum absolute atomic E-state index is 10.3. The Morgan fingerprint density at radius 2 is 2.00 bits per heavy atom. The molecule has 1 unspecified atom stereocenters. The van der Waals surface area contributed by atoms with Gasteiger partial charge in [0.1, 0.15) is 0 Å². The first-order valence-corrected chi connectivity index (χ1v) is 7.16. The molecule has 2 rings (SSSR count). The summed E-state index contributed by atoms with van der Waals surface area (Å²) in [6, 6.07) is 5.63. The van der Waals surface area contributed by atoms with Crippen LogP contribution in [0.2, 0.25) is 10.0 Å².